The van der Waals surface area contributed by atoms with Crippen molar-refractivity contribution in [2.24, 2.45) is 7.05 Å². The molecule has 1 heterocycles. The number of aromatic nitrogens is 2. The Morgan fingerprint density at radius 3 is 2.78 bits per heavy atom. The maximum atomic E-state index is 5.56. The van der Waals surface area contributed by atoms with Crippen LogP contribution >= 0.6 is 0 Å². The molecule has 0 fully saturated rings. The first-order chi connectivity index (χ1) is 8.76. The van der Waals surface area contributed by atoms with E-state index in [0.717, 1.165) is 45.4 Å². The molecule has 1 unspecified atom stereocenters. The summed E-state index contributed by atoms with van der Waals surface area (Å²) >= 11 is 0. The maximum Gasteiger partial charge on any atom is 0.0521 e. The summed E-state index contributed by atoms with van der Waals surface area (Å²) in [6, 6.07) is 0.548. The Bertz CT molecular complexity index is 312. The predicted molar refractivity (Wildman–Crippen MR) is 74.7 cm³/mol. The molecule has 0 aliphatic heterocycles. The van der Waals surface area contributed by atoms with Crippen LogP contribution < -0.4 is 5.32 Å². The van der Waals surface area contributed by atoms with Gasteiger partial charge in [0.1, 0.15) is 0 Å². The van der Waals surface area contributed by atoms with Gasteiger partial charge in [0.05, 0.1) is 6.20 Å². The van der Waals surface area contributed by atoms with Crippen molar-refractivity contribution in [1.29, 1.82) is 0 Å². The number of hydrogen-bond donors (Lipinski definition) is 1. The second-order valence-electron chi connectivity index (χ2n) is 4.72. The highest BCUT2D eigenvalue weighted by atomic mass is 16.5. The zero-order valence-electron chi connectivity index (χ0n) is 12.0. The summed E-state index contributed by atoms with van der Waals surface area (Å²) in [5.74, 6) is 0. The molecule has 0 amide bonds. The zero-order chi connectivity index (χ0) is 13.2. The monoisotopic (exact) mass is 253 g/mol. The third-order valence-electron chi connectivity index (χ3n) is 2.99. The lowest BCUT2D eigenvalue weighted by atomic mass is 10.1. The third-order valence-corrected chi connectivity index (χ3v) is 2.99. The minimum atomic E-state index is 0.548. The molecule has 0 aliphatic rings. The van der Waals surface area contributed by atoms with Crippen LogP contribution in [0.1, 0.15) is 38.7 Å². The number of nitrogens with one attached hydrogen (secondary N) is 1. The molecule has 1 rings (SSSR count). The van der Waals surface area contributed by atoms with Crippen LogP contribution in [-0.2, 0) is 18.2 Å². The fraction of sp³-hybridized carbons (Fsp3) is 0.786. The molecule has 104 valence electrons. The summed E-state index contributed by atoms with van der Waals surface area (Å²) in [5.41, 5.74) is 1.31. The number of hydrogen-bond acceptors (Lipinski definition) is 3. The molecular formula is C14H27N3O. The van der Waals surface area contributed by atoms with Crippen LogP contribution in [0.4, 0.5) is 0 Å². The van der Waals surface area contributed by atoms with Crippen LogP contribution in [0.3, 0.4) is 0 Å². The van der Waals surface area contributed by atoms with E-state index in [1.807, 2.05) is 17.9 Å². The van der Waals surface area contributed by atoms with E-state index >= 15 is 0 Å². The molecule has 0 aliphatic carbocycles. The highest BCUT2D eigenvalue weighted by Crippen LogP contribution is 2.07. The van der Waals surface area contributed by atoms with Gasteiger partial charge in [0.25, 0.3) is 0 Å². The SMILES string of the molecule is CCCOCCC(CCc1cnn(C)c1)NCC. The Labute approximate surface area is 111 Å². The second-order valence-corrected chi connectivity index (χ2v) is 4.72. The van der Waals surface area contributed by atoms with Gasteiger partial charge < -0.3 is 10.1 Å². The maximum absolute atomic E-state index is 5.56. The number of nitrogens with zero attached hydrogens (tertiary/aromatic N) is 2. The van der Waals surface area contributed by atoms with Gasteiger partial charge in [-0.2, -0.15) is 5.10 Å². The van der Waals surface area contributed by atoms with E-state index in [1.165, 1.54) is 5.56 Å². The number of aryl methyl sites for hydroxylation is 2. The Kier molecular flexibility index (Phi) is 7.69. The first kappa shape index (κ1) is 15.2. The van der Waals surface area contributed by atoms with Crippen molar-refractivity contribution >= 4 is 0 Å². The molecule has 0 radical (unpaired) electrons. The highest BCUT2D eigenvalue weighted by molar-refractivity contribution is 5.03. The van der Waals surface area contributed by atoms with Gasteiger partial charge >= 0.3 is 0 Å². The Morgan fingerprint density at radius 2 is 2.17 bits per heavy atom. The first-order valence-electron chi connectivity index (χ1n) is 7.04. The normalized spacial score (nSPS) is 12.8. The summed E-state index contributed by atoms with van der Waals surface area (Å²) in [6.07, 6.45) is 8.47. The number of rotatable bonds is 10. The van der Waals surface area contributed by atoms with Crippen molar-refractivity contribution in [2.75, 3.05) is 19.8 Å². The molecule has 1 aromatic rings. The average Bonchev–Trinajstić information content (AvgIpc) is 2.77. The van der Waals surface area contributed by atoms with Crippen molar-refractivity contribution in [3.05, 3.63) is 18.0 Å². The van der Waals surface area contributed by atoms with Crippen molar-refractivity contribution in [3.63, 3.8) is 0 Å². The Morgan fingerprint density at radius 1 is 1.33 bits per heavy atom. The van der Waals surface area contributed by atoms with E-state index in [4.69, 9.17) is 4.74 Å². The standard InChI is InChI=1S/C14H27N3O/c1-4-9-18-10-8-14(15-5-2)7-6-13-11-16-17(3)12-13/h11-12,14-15H,4-10H2,1-3H3. The molecular weight excluding hydrogens is 226 g/mol. The summed E-state index contributed by atoms with van der Waals surface area (Å²) < 4.78 is 7.42. The van der Waals surface area contributed by atoms with Gasteiger partial charge in [0, 0.05) is 32.5 Å². The zero-order valence-corrected chi connectivity index (χ0v) is 12.0. The van der Waals surface area contributed by atoms with Gasteiger partial charge in [0.2, 0.25) is 0 Å². The van der Waals surface area contributed by atoms with Crippen LogP contribution in [0, 0.1) is 0 Å². The van der Waals surface area contributed by atoms with E-state index in [9.17, 15) is 0 Å². The molecule has 0 saturated carbocycles. The molecule has 4 heteroatoms. The molecule has 0 saturated heterocycles. The molecule has 18 heavy (non-hydrogen) atoms. The fourth-order valence-corrected chi connectivity index (χ4v) is 2.05. The lowest BCUT2D eigenvalue weighted by Crippen LogP contribution is -2.30. The van der Waals surface area contributed by atoms with Gasteiger partial charge in [-0.15, -0.1) is 0 Å². The lowest BCUT2D eigenvalue weighted by molar-refractivity contribution is 0.124. The second kappa shape index (κ2) is 9.11. The van der Waals surface area contributed by atoms with E-state index in [2.05, 4.69) is 30.5 Å². The van der Waals surface area contributed by atoms with Crippen molar-refractivity contribution in [2.45, 2.75) is 45.6 Å². The van der Waals surface area contributed by atoms with Crippen molar-refractivity contribution < 1.29 is 4.74 Å². The van der Waals surface area contributed by atoms with E-state index in [1.54, 1.807) is 0 Å². The Hall–Kier alpha value is -0.870. The van der Waals surface area contributed by atoms with Gasteiger partial charge in [-0.25, -0.2) is 0 Å². The van der Waals surface area contributed by atoms with Crippen LogP contribution in [0.15, 0.2) is 12.4 Å². The topological polar surface area (TPSA) is 39.1 Å². The van der Waals surface area contributed by atoms with E-state index in [0.29, 0.717) is 6.04 Å². The first-order valence-corrected chi connectivity index (χ1v) is 7.04. The van der Waals surface area contributed by atoms with Gasteiger partial charge in [-0.05, 0) is 37.8 Å². The van der Waals surface area contributed by atoms with Crippen molar-refractivity contribution in [3.8, 4) is 0 Å². The predicted octanol–water partition coefficient (Wildman–Crippen LogP) is 2.15. The van der Waals surface area contributed by atoms with E-state index < -0.39 is 0 Å². The average molecular weight is 253 g/mol. The summed E-state index contributed by atoms with van der Waals surface area (Å²) in [5, 5.41) is 7.73. The molecule has 0 bridgehead atoms. The van der Waals surface area contributed by atoms with Crippen LogP contribution in [0.25, 0.3) is 0 Å². The minimum absolute atomic E-state index is 0.548. The van der Waals surface area contributed by atoms with E-state index in [-0.39, 0.29) is 0 Å². The molecule has 1 aromatic heterocycles. The summed E-state index contributed by atoms with van der Waals surface area (Å²) in [6.45, 7) is 7.06. The van der Waals surface area contributed by atoms with Crippen molar-refractivity contribution in [1.82, 2.24) is 15.1 Å². The Balaban J connectivity index is 2.24. The molecule has 1 N–H and O–H groups in total. The highest BCUT2D eigenvalue weighted by Gasteiger charge is 2.08. The third kappa shape index (κ3) is 6.17. The smallest absolute Gasteiger partial charge is 0.0521 e. The minimum Gasteiger partial charge on any atom is -0.381 e. The quantitative estimate of drug-likeness (QED) is 0.649. The van der Waals surface area contributed by atoms with Gasteiger partial charge in [0.15, 0.2) is 0 Å². The van der Waals surface area contributed by atoms with Crippen LogP contribution in [-0.4, -0.2) is 35.6 Å². The fourth-order valence-electron chi connectivity index (χ4n) is 2.05. The molecule has 4 nitrogen and oxygen atoms in total. The summed E-state index contributed by atoms with van der Waals surface area (Å²) in [4.78, 5) is 0. The number of ether oxygens (including phenoxy) is 1. The summed E-state index contributed by atoms with van der Waals surface area (Å²) in [7, 11) is 1.96. The molecule has 0 spiro atoms. The van der Waals surface area contributed by atoms with Gasteiger partial charge in [-0.3, -0.25) is 4.68 Å². The van der Waals surface area contributed by atoms with Gasteiger partial charge in [-0.1, -0.05) is 13.8 Å². The largest absolute Gasteiger partial charge is 0.381 e. The lowest BCUT2D eigenvalue weighted by Gasteiger charge is -2.17. The van der Waals surface area contributed by atoms with Crippen LogP contribution in [0.2, 0.25) is 0 Å². The molecule has 1 atom stereocenters. The van der Waals surface area contributed by atoms with Crippen LogP contribution in [0.5, 0.6) is 0 Å². The molecule has 0 aromatic carbocycles.